The Hall–Kier alpha value is -2.43. The third-order valence-corrected chi connectivity index (χ3v) is 4.19. The van der Waals surface area contributed by atoms with Gasteiger partial charge in [-0.05, 0) is 42.7 Å². The molecule has 0 saturated carbocycles. The van der Waals surface area contributed by atoms with Crippen LogP contribution in [0.15, 0.2) is 41.4 Å². The van der Waals surface area contributed by atoms with E-state index in [1.165, 1.54) is 0 Å². The minimum absolute atomic E-state index is 0.0546. The molecule has 0 amide bonds. The second kappa shape index (κ2) is 8.43. The number of rotatable bonds is 10. The van der Waals surface area contributed by atoms with Gasteiger partial charge in [0.25, 0.3) is 0 Å². The third kappa shape index (κ3) is 4.78. The highest BCUT2D eigenvalue weighted by Crippen LogP contribution is 2.28. The summed E-state index contributed by atoms with van der Waals surface area (Å²) < 4.78 is 5.20. The van der Waals surface area contributed by atoms with Crippen molar-refractivity contribution in [2.45, 2.75) is 44.1 Å². The monoisotopic (exact) mass is 329 g/mol. The van der Waals surface area contributed by atoms with Crippen LogP contribution >= 0.6 is 0 Å². The topological polar surface area (TPSA) is 76.0 Å². The van der Waals surface area contributed by atoms with Crippen LogP contribution in [-0.4, -0.2) is 35.7 Å². The number of ketones is 1. The molecular weight excluding hydrogens is 306 g/mol. The van der Waals surface area contributed by atoms with Crippen LogP contribution < -0.4 is 4.74 Å². The molecule has 1 aromatic rings. The van der Waals surface area contributed by atoms with E-state index in [9.17, 15) is 9.59 Å². The molecule has 5 nitrogen and oxygen atoms in total. The van der Waals surface area contributed by atoms with Crippen LogP contribution in [0.25, 0.3) is 0 Å². The fourth-order valence-corrected chi connectivity index (χ4v) is 2.84. The number of carboxylic acids is 1. The van der Waals surface area contributed by atoms with Crippen molar-refractivity contribution in [3.05, 3.63) is 42.0 Å². The van der Waals surface area contributed by atoms with Crippen LogP contribution in [0.5, 0.6) is 5.75 Å². The van der Waals surface area contributed by atoms with E-state index in [1.54, 1.807) is 19.4 Å². The quantitative estimate of drug-likeness (QED) is 0.669. The molecular formula is C19H23NO4. The zero-order valence-electron chi connectivity index (χ0n) is 13.9. The van der Waals surface area contributed by atoms with Crippen LogP contribution in [0, 0.1) is 0 Å². The molecule has 1 aliphatic rings. The highest BCUT2D eigenvalue weighted by Gasteiger charge is 2.35. The van der Waals surface area contributed by atoms with E-state index in [4.69, 9.17) is 9.84 Å². The number of nitrogens with zero attached hydrogens (tertiary/aromatic N) is 1. The van der Waals surface area contributed by atoms with E-state index in [2.05, 4.69) is 4.99 Å². The molecule has 0 fully saturated rings. The summed E-state index contributed by atoms with van der Waals surface area (Å²) in [6.45, 7) is 0. The molecule has 1 atom stereocenters. The summed E-state index contributed by atoms with van der Waals surface area (Å²) in [4.78, 5) is 27.8. The van der Waals surface area contributed by atoms with Gasteiger partial charge in [0, 0.05) is 19.1 Å². The first-order valence-electron chi connectivity index (χ1n) is 8.17. The van der Waals surface area contributed by atoms with Crippen LogP contribution in [0.4, 0.5) is 0 Å². The summed E-state index contributed by atoms with van der Waals surface area (Å²) in [6, 6.07) is 7.48. The molecule has 0 radical (unpaired) electrons. The number of hydrogen-bond acceptors (Lipinski definition) is 4. The van der Waals surface area contributed by atoms with Crippen molar-refractivity contribution in [3.8, 4) is 5.75 Å². The molecule has 0 spiro atoms. The maximum Gasteiger partial charge on any atom is 0.303 e. The van der Waals surface area contributed by atoms with Gasteiger partial charge in [0.15, 0.2) is 5.78 Å². The van der Waals surface area contributed by atoms with Crippen molar-refractivity contribution in [3.63, 3.8) is 0 Å². The predicted molar refractivity (Wildman–Crippen MR) is 92.8 cm³/mol. The average Bonchev–Trinajstić information content (AvgIpc) is 3.04. The lowest BCUT2D eigenvalue weighted by molar-refractivity contribution is -0.137. The molecule has 1 heterocycles. The van der Waals surface area contributed by atoms with Gasteiger partial charge in [0.1, 0.15) is 11.3 Å². The first kappa shape index (κ1) is 17.9. The van der Waals surface area contributed by atoms with Crippen molar-refractivity contribution < 1.29 is 19.4 Å². The van der Waals surface area contributed by atoms with Gasteiger partial charge in [0.2, 0.25) is 0 Å². The smallest absolute Gasteiger partial charge is 0.303 e. The lowest BCUT2D eigenvalue weighted by Gasteiger charge is -2.23. The van der Waals surface area contributed by atoms with Gasteiger partial charge in [-0.15, -0.1) is 0 Å². The van der Waals surface area contributed by atoms with Gasteiger partial charge in [0.05, 0.1) is 7.11 Å². The number of ether oxygens (including phenoxy) is 1. The van der Waals surface area contributed by atoms with Gasteiger partial charge in [-0.25, -0.2) is 0 Å². The molecule has 0 saturated heterocycles. The molecule has 1 N–H and O–H groups in total. The standard InChI is InChI=1S/C19H23NO4/c1-24-16-8-5-7-15(13-16)14-17(21)19(11-6-12-20-19)10-4-2-3-9-18(22)23/h5-8,11-13H,2-4,9-10,14H2,1H3,(H,22,23). The summed E-state index contributed by atoms with van der Waals surface area (Å²) in [7, 11) is 1.60. The van der Waals surface area contributed by atoms with E-state index in [1.807, 2.05) is 30.3 Å². The van der Waals surface area contributed by atoms with Crippen LogP contribution in [0.3, 0.4) is 0 Å². The average molecular weight is 329 g/mol. The number of hydrogen-bond donors (Lipinski definition) is 1. The third-order valence-electron chi connectivity index (χ3n) is 4.19. The lowest BCUT2D eigenvalue weighted by atomic mass is 9.85. The Morgan fingerprint density at radius 1 is 1.25 bits per heavy atom. The lowest BCUT2D eigenvalue weighted by Crippen LogP contribution is -2.34. The number of methoxy groups -OCH3 is 1. The van der Waals surface area contributed by atoms with Crippen molar-refractivity contribution >= 4 is 18.0 Å². The van der Waals surface area contributed by atoms with E-state index in [0.717, 1.165) is 24.2 Å². The SMILES string of the molecule is COc1cccc(CC(=O)C2(CCCCCC(=O)O)C=CC=N2)c1. The Morgan fingerprint density at radius 3 is 2.75 bits per heavy atom. The maximum atomic E-state index is 12.8. The number of allylic oxidation sites excluding steroid dienone is 1. The Morgan fingerprint density at radius 2 is 2.08 bits per heavy atom. The Balaban J connectivity index is 1.96. The second-order valence-electron chi connectivity index (χ2n) is 5.97. The number of aliphatic carboxylic acids is 1. The molecule has 5 heteroatoms. The largest absolute Gasteiger partial charge is 0.497 e. The number of carboxylic acid groups (broad SMARTS) is 1. The molecule has 1 aromatic carbocycles. The molecule has 0 aromatic heterocycles. The summed E-state index contributed by atoms with van der Waals surface area (Å²) >= 11 is 0. The highest BCUT2D eigenvalue weighted by atomic mass is 16.5. The second-order valence-corrected chi connectivity index (χ2v) is 5.97. The minimum Gasteiger partial charge on any atom is -0.497 e. The zero-order valence-corrected chi connectivity index (χ0v) is 13.9. The van der Waals surface area contributed by atoms with Gasteiger partial charge in [-0.3, -0.25) is 14.6 Å². The van der Waals surface area contributed by atoms with Gasteiger partial charge < -0.3 is 9.84 Å². The molecule has 128 valence electrons. The van der Waals surface area contributed by atoms with Crippen molar-refractivity contribution in [1.82, 2.24) is 0 Å². The van der Waals surface area contributed by atoms with E-state index >= 15 is 0 Å². The van der Waals surface area contributed by atoms with Gasteiger partial charge in [-0.2, -0.15) is 0 Å². The normalized spacial score (nSPS) is 18.7. The van der Waals surface area contributed by atoms with E-state index in [-0.39, 0.29) is 12.2 Å². The number of benzene rings is 1. The fraction of sp³-hybridized carbons (Fsp3) is 0.421. The number of unbranched alkanes of at least 4 members (excludes halogenated alkanes) is 2. The molecule has 0 bridgehead atoms. The van der Waals surface area contributed by atoms with Crippen LogP contribution in [0.1, 0.15) is 37.7 Å². The number of carbonyl (C=O) groups excluding carboxylic acids is 1. The summed E-state index contributed by atoms with van der Waals surface area (Å²) in [6.07, 6.45) is 8.60. The van der Waals surface area contributed by atoms with Crippen molar-refractivity contribution in [2.24, 2.45) is 4.99 Å². The van der Waals surface area contributed by atoms with Crippen molar-refractivity contribution in [1.29, 1.82) is 0 Å². The molecule has 2 rings (SSSR count). The molecule has 0 aliphatic carbocycles. The van der Waals surface area contributed by atoms with Gasteiger partial charge >= 0.3 is 5.97 Å². The van der Waals surface area contributed by atoms with E-state index in [0.29, 0.717) is 19.3 Å². The Kier molecular flexibility index (Phi) is 6.29. The van der Waals surface area contributed by atoms with Gasteiger partial charge in [-0.1, -0.05) is 25.0 Å². The highest BCUT2D eigenvalue weighted by molar-refractivity contribution is 5.97. The number of Topliss-reactive ketones (excluding diaryl/α,β-unsaturated/α-hetero) is 1. The fourth-order valence-electron chi connectivity index (χ4n) is 2.84. The molecule has 24 heavy (non-hydrogen) atoms. The molecule has 1 aliphatic heterocycles. The summed E-state index contributed by atoms with van der Waals surface area (Å²) in [5.41, 5.74) is 0.104. The first-order valence-corrected chi connectivity index (χ1v) is 8.17. The first-order chi connectivity index (χ1) is 11.6. The maximum absolute atomic E-state index is 12.8. The van der Waals surface area contributed by atoms with E-state index < -0.39 is 11.5 Å². The van der Waals surface area contributed by atoms with Crippen molar-refractivity contribution in [2.75, 3.05) is 7.11 Å². The minimum atomic E-state index is -0.799. The Bertz CT molecular complexity index is 637. The molecule has 1 unspecified atom stereocenters. The predicted octanol–water partition coefficient (Wildman–Crippen LogP) is 3.22. The number of carbonyl (C=O) groups is 2. The summed E-state index contributed by atoms with van der Waals surface area (Å²) in [5.74, 6) is 0.00470. The van der Waals surface area contributed by atoms with Crippen LogP contribution in [0.2, 0.25) is 0 Å². The zero-order chi connectivity index (χ0) is 17.4. The van der Waals surface area contributed by atoms with Crippen LogP contribution in [-0.2, 0) is 16.0 Å². The Labute approximate surface area is 142 Å². The summed E-state index contributed by atoms with van der Waals surface area (Å²) in [5, 5.41) is 8.67. The number of aliphatic imine (C=N–C) groups is 1.